The average Bonchev–Trinajstić information content (AvgIpc) is 3.44. The Morgan fingerprint density at radius 3 is 2.58 bits per heavy atom. The maximum Gasteiger partial charge on any atom is 0.245 e. The second-order valence-corrected chi connectivity index (χ2v) is 18.7. The number of carbonyl (C=O) groups is 1. The van der Waals surface area contributed by atoms with Gasteiger partial charge in [0.2, 0.25) is 5.91 Å². The van der Waals surface area contributed by atoms with Gasteiger partial charge in [-0.25, -0.2) is 9.97 Å². The Bertz CT molecular complexity index is 1140. The first-order valence-electron chi connectivity index (χ1n) is 14.3. The first-order chi connectivity index (χ1) is 18.0. The topological polar surface area (TPSA) is 103 Å². The van der Waals surface area contributed by atoms with Crippen molar-refractivity contribution in [1.29, 1.82) is 0 Å². The number of primary amides is 1. The summed E-state index contributed by atoms with van der Waals surface area (Å²) >= 11 is 1.78. The van der Waals surface area contributed by atoms with Crippen molar-refractivity contribution in [3.8, 4) is 0 Å². The molecule has 0 radical (unpaired) electrons. The van der Waals surface area contributed by atoms with Crippen molar-refractivity contribution in [2.45, 2.75) is 108 Å². The second-order valence-electron chi connectivity index (χ2n) is 12.9. The summed E-state index contributed by atoms with van der Waals surface area (Å²) in [4.78, 5) is 27.0. The highest BCUT2D eigenvalue weighted by atomic mass is 32.1. The molecule has 10 heteroatoms. The lowest BCUT2D eigenvalue weighted by Crippen LogP contribution is -2.48. The van der Waals surface area contributed by atoms with Gasteiger partial charge in [0.05, 0.1) is 18.6 Å². The van der Waals surface area contributed by atoms with Gasteiger partial charge in [0.25, 0.3) is 0 Å². The number of thiophene rings is 1. The minimum absolute atomic E-state index is 0.0162. The van der Waals surface area contributed by atoms with E-state index in [4.69, 9.17) is 19.9 Å². The molecule has 2 aromatic heterocycles. The molecule has 0 spiro atoms. The van der Waals surface area contributed by atoms with Crippen molar-refractivity contribution in [1.82, 2.24) is 14.9 Å². The molecule has 3 heterocycles. The fraction of sp³-hybridized carbons (Fsp3) is 0.750. The largest absolute Gasteiger partial charge is 0.405 e. The Labute approximate surface area is 232 Å². The number of ether oxygens (including phenoxy) is 1. The van der Waals surface area contributed by atoms with Gasteiger partial charge in [0, 0.05) is 30.1 Å². The Morgan fingerprint density at radius 1 is 1.21 bits per heavy atom. The summed E-state index contributed by atoms with van der Waals surface area (Å²) in [5.41, 5.74) is 7.22. The number of amides is 1. The molecule has 2 fully saturated rings. The van der Waals surface area contributed by atoms with Crippen LogP contribution in [0.4, 0.5) is 5.82 Å². The van der Waals surface area contributed by atoms with E-state index in [9.17, 15) is 4.79 Å². The highest BCUT2D eigenvalue weighted by Gasteiger charge is 2.42. The molecule has 3 N–H and O–H groups in total. The van der Waals surface area contributed by atoms with E-state index in [2.05, 4.69) is 49.1 Å². The number of anilines is 1. The van der Waals surface area contributed by atoms with E-state index in [1.165, 1.54) is 23.3 Å². The van der Waals surface area contributed by atoms with Crippen molar-refractivity contribution in [2.24, 2.45) is 5.73 Å². The fourth-order valence-corrected chi connectivity index (χ4v) is 8.67. The Balaban J connectivity index is 1.32. The van der Waals surface area contributed by atoms with E-state index in [0.717, 1.165) is 68.0 Å². The molecule has 1 aliphatic heterocycles. The summed E-state index contributed by atoms with van der Waals surface area (Å²) < 4.78 is 12.1. The molecule has 2 aromatic rings. The van der Waals surface area contributed by atoms with E-state index in [0.29, 0.717) is 18.5 Å². The third kappa shape index (κ3) is 5.79. The van der Waals surface area contributed by atoms with Gasteiger partial charge < -0.3 is 20.2 Å². The van der Waals surface area contributed by atoms with Gasteiger partial charge in [-0.2, -0.15) is 0 Å². The number of nitrogens with one attached hydrogen (secondary N) is 1. The molecule has 8 nitrogen and oxygen atoms in total. The molecule has 1 saturated heterocycles. The zero-order chi connectivity index (χ0) is 27.1. The number of nitrogens with two attached hydrogens (primary N) is 1. The van der Waals surface area contributed by atoms with Gasteiger partial charge in [-0.05, 0) is 74.6 Å². The first-order valence-corrected chi connectivity index (χ1v) is 18.1. The monoisotopic (exact) mass is 559 g/mol. The molecule has 2 aliphatic carbocycles. The summed E-state index contributed by atoms with van der Waals surface area (Å²) in [6.07, 6.45) is 8.48. The van der Waals surface area contributed by atoms with Crippen LogP contribution in [0.3, 0.4) is 0 Å². The number of aryl methyl sites for hydroxylation is 1. The lowest BCUT2D eigenvalue weighted by atomic mass is 9.89. The lowest BCUT2D eigenvalue weighted by molar-refractivity contribution is -0.125. The second kappa shape index (κ2) is 11.1. The maximum absolute atomic E-state index is 12.6. The Hall–Kier alpha value is -1.59. The van der Waals surface area contributed by atoms with E-state index in [-0.39, 0.29) is 16.9 Å². The summed E-state index contributed by atoms with van der Waals surface area (Å²) in [7, 11) is -2.14. The van der Waals surface area contributed by atoms with E-state index >= 15 is 0 Å². The predicted molar refractivity (Wildman–Crippen MR) is 156 cm³/mol. The highest BCUT2D eigenvalue weighted by Crippen LogP contribution is 2.48. The molecule has 0 aromatic carbocycles. The third-order valence-corrected chi connectivity index (χ3v) is 15.0. The van der Waals surface area contributed by atoms with Crippen molar-refractivity contribution in [2.75, 3.05) is 31.6 Å². The molecule has 5 rings (SSSR count). The van der Waals surface area contributed by atoms with Crippen LogP contribution in [0.2, 0.25) is 18.1 Å². The molecule has 1 amide bonds. The number of hydrogen-bond donors (Lipinski definition) is 2. The van der Waals surface area contributed by atoms with E-state index in [1.54, 1.807) is 17.7 Å². The number of fused-ring (bicyclic) bond motifs is 3. The van der Waals surface area contributed by atoms with Crippen LogP contribution in [0.5, 0.6) is 0 Å². The van der Waals surface area contributed by atoms with Crippen LogP contribution in [0.1, 0.15) is 75.7 Å². The first kappa shape index (κ1) is 28.0. The average molecular weight is 560 g/mol. The number of hydrogen-bond acceptors (Lipinski definition) is 8. The molecular weight excluding hydrogens is 514 g/mol. The molecule has 2 atom stereocenters. The minimum Gasteiger partial charge on any atom is -0.405 e. The normalized spacial score (nSPS) is 25.9. The summed E-state index contributed by atoms with van der Waals surface area (Å²) in [5.74, 6) is 0.828. The summed E-state index contributed by atoms with van der Waals surface area (Å²) in [5, 5.41) is 4.98. The number of nitrogens with zero attached hydrogens (tertiary/aromatic N) is 3. The van der Waals surface area contributed by atoms with Gasteiger partial charge >= 0.3 is 0 Å². The van der Waals surface area contributed by atoms with E-state index < -0.39 is 14.4 Å². The van der Waals surface area contributed by atoms with Crippen molar-refractivity contribution >= 4 is 41.6 Å². The number of aromatic nitrogens is 2. The number of rotatable bonds is 8. The zero-order valence-electron chi connectivity index (χ0n) is 23.7. The molecule has 210 valence electrons. The number of carbonyl (C=O) groups excluding carboxylic acids is 1. The van der Waals surface area contributed by atoms with Crippen LogP contribution in [0, 0.1) is 0 Å². The molecule has 38 heavy (non-hydrogen) atoms. The van der Waals surface area contributed by atoms with Crippen LogP contribution in [0.25, 0.3) is 10.2 Å². The molecule has 1 saturated carbocycles. The van der Waals surface area contributed by atoms with Gasteiger partial charge in [-0.1, -0.05) is 20.8 Å². The smallest absolute Gasteiger partial charge is 0.245 e. The standard InChI is InChI=1S/C28H45N5O3SSi/c1-28(2,3)38(4,5)36-21(25(29)34)16-18-6-11-22-23(18)24-26(30-17-31-27(24)37-22)32-19-7-9-20(10-8-19)33-12-14-35-15-13-33/h17-21H,6-16H2,1-5H3,(H2,29,34)(H,30,31,32)/t18-,19?,20?,21?/m1/s1. The minimum atomic E-state index is -2.14. The van der Waals surface area contributed by atoms with Gasteiger partial charge in [-0.3, -0.25) is 9.69 Å². The quantitative estimate of drug-likeness (QED) is 0.437. The van der Waals surface area contributed by atoms with Crippen LogP contribution in [-0.4, -0.2) is 73.6 Å². The maximum atomic E-state index is 12.6. The highest BCUT2D eigenvalue weighted by molar-refractivity contribution is 7.19. The van der Waals surface area contributed by atoms with Gasteiger partial charge in [-0.15, -0.1) is 11.3 Å². The van der Waals surface area contributed by atoms with Crippen LogP contribution in [-0.2, 0) is 20.4 Å². The lowest BCUT2D eigenvalue weighted by Gasteiger charge is -2.39. The third-order valence-electron chi connectivity index (χ3n) is 9.39. The van der Waals surface area contributed by atoms with Crippen LogP contribution >= 0.6 is 11.3 Å². The SMILES string of the molecule is CC(C)(C)[Si](C)(C)OC(C[C@H]1CCc2sc3ncnc(NC4CCC(N5CCOCC5)CC4)c3c21)C(N)=O. The van der Waals surface area contributed by atoms with Crippen LogP contribution in [0.15, 0.2) is 6.33 Å². The molecular formula is C28H45N5O3SSi. The van der Waals surface area contributed by atoms with Crippen molar-refractivity contribution < 1.29 is 14.0 Å². The van der Waals surface area contributed by atoms with Gasteiger partial charge in [0.15, 0.2) is 8.32 Å². The molecule has 3 aliphatic rings. The Morgan fingerprint density at radius 2 is 1.92 bits per heavy atom. The van der Waals surface area contributed by atoms with Gasteiger partial charge in [0.1, 0.15) is 23.1 Å². The van der Waals surface area contributed by atoms with Crippen LogP contribution < -0.4 is 11.1 Å². The van der Waals surface area contributed by atoms with E-state index in [1.807, 2.05) is 0 Å². The number of morpholine rings is 1. The fourth-order valence-electron chi connectivity index (χ4n) is 6.15. The molecule has 0 bridgehead atoms. The van der Waals surface area contributed by atoms with Crippen molar-refractivity contribution in [3.05, 3.63) is 16.8 Å². The summed E-state index contributed by atoms with van der Waals surface area (Å²) in [6, 6.07) is 1.09. The predicted octanol–water partition coefficient (Wildman–Crippen LogP) is 5.04. The summed E-state index contributed by atoms with van der Waals surface area (Å²) in [6.45, 7) is 14.8. The zero-order valence-corrected chi connectivity index (χ0v) is 25.5. The molecule has 1 unspecified atom stereocenters. The Kier molecular flexibility index (Phi) is 8.18. The van der Waals surface area contributed by atoms with Crippen molar-refractivity contribution in [3.63, 3.8) is 0 Å².